The Morgan fingerprint density at radius 1 is 1.32 bits per heavy atom. The maximum absolute atomic E-state index is 11.8. The first kappa shape index (κ1) is 17.0. The quantitative estimate of drug-likeness (QED) is 0.440. The second kappa shape index (κ2) is 8.97. The van der Waals surface area contributed by atoms with Crippen molar-refractivity contribution in [2.75, 3.05) is 18.5 Å². The van der Waals surface area contributed by atoms with E-state index in [0.29, 0.717) is 11.3 Å². The summed E-state index contributed by atoms with van der Waals surface area (Å²) in [7, 11) is 0. The first-order valence-corrected chi connectivity index (χ1v) is 6.44. The third-order valence-corrected chi connectivity index (χ3v) is 2.56. The van der Waals surface area contributed by atoms with E-state index in [2.05, 4.69) is 27.9 Å². The first-order valence-electron chi connectivity index (χ1n) is 6.44. The van der Waals surface area contributed by atoms with Crippen LogP contribution in [0.15, 0.2) is 36.9 Å². The average Bonchev–Trinajstić information content (AvgIpc) is 2.52. The van der Waals surface area contributed by atoms with Crippen molar-refractivity contribution in [2.45, 2.75) is 6.42 Å². The fourth-order valence-corrected chi connectivity index (χ4v) is 1.56. The average molecular weight is 300 g/mol. The van der Waals surface area contributed by atoms with E-state index in [-0.39, 0.29) is 31.4 Å². The summed E-state index contributed by atoms with van der Waals surface area (Å²) >= 11 is 0. The molecular formula is C16H16N2O4. The highest BCUT2D eigenvalue weighted by Crippen LogP contribution is 2.15. The molecule has 6 nitrogen and oxygen atoms in total. The van der Waals surface area contributed by atoms with E-state index < -0.39 is 5.97 Å². The Balaban J connectivity index is 2.57. The summed E-state index contributed by atoms with van der Waals surface area (Å²) in [6.45, 7) is 2.97. The molecular weight excluding hydrogens is 284 g/mol. The number of hydrogen-bond acceptors (Lipinski definition) is 4. The van der Waals surface area contributed by atoms with Gasteiger partial charge in [0.15, 0.2) is 6.61 Å². The summed E-state index contributed by atoms with van der Waals surface area (Å²) in [6.07, 6.45) is 6.09. The standard InChI is InChI=1S/C16H16N2O4/c1-3-9-22-16(21)11-17-15(20)10-12-7-5-6-8-13(12)18-14(19)4-2/h1,4-8H,2,9-11H2,(H,17,20)(H,18,19). The highest BCUT2D eigenvalue weighted by molar-refractivity contribution is 5.99. The van der Waals surface area contributed by atoms with Crippen molar-refractivity contribution in [3.05, 3.63) is 42.5 Å². The topological polar surface area (TPSA) is 84.5 Å². The van der Waals surface area contributed by atoms with Gasteiger partial charge in [0.05, 0.1) is 6.42 Å². The Morgan fingerprint density at radius 3 is 2.73 bits per heavy atom. The van der Waals surface area contributed by atoms with Crippen LogP contribution >= 0.6 is 0 Å². The molecule has 0 unspecified atom stereocenters. The maximum Gasteiger partial charge on any atom is 0.326 e. The van der Waals surface area contributed by atoms with Crippen LogP contribution in [0.2, 0.25) is 0 Å². The van der Waals surface area contributed by atoms with Crippen molar-refractivity contribution in [1.29, 1.82) is 0 Å². The molecule has 0 aromatic heterocycles. The third-order valence-electron chi connectivity index (χ3n) is 2.56. The molecule has 0 saturated carbocycles. The van der Waals surface area contributed by atoms with Crippen molar-refractivity contribution in [2.24, 2.45) is 0 Å². The van der Waals surface area contributed by atoms with Gasteiger partial charge in [0.2, 0.25) is 11.8 Å². The number of esters is 1. The fourth-order valence-electron chi connectivity index (χ4n) is 1.56. The van der Waals surface area contributed by atoms with Crippen LogP contribution < -0.4 is 10.6 Å². The molecule has 0 aliphatic rings. The second-order valence-electron chi connectivity index (χ2n) is 4.17. The van der Waals surface area contributed by atoms with Gasteiger partial charge in [-0.05, 0) is 17.7 Å². The SMILES string of the molecule is C#CCOC(=O)CNC(=O)Cc1ccccc1NC(=O)C=C. The minimum absolute atomic E-state index is 0.00994. The monoisotopic (exact) mass is 300 g/mol. The van der Waals surface area contributed by atoms with E-state index >= 15 is 0 Å². The highest BCUT2D eigenvalue weighted by atomic mass is 16.5. The second-order valence-corrected chi connectivity index (χ2v) is 4.17. The summed E-state index contributed by atoms with van der Waals surface area (Å²) in [4.78, 5) is 34.3. The summed E-state index contributed by atoms with van der Waals surface area (Å²) in [5.41, 5.74) is 1.13. The van der Waals surface area contributed by atoms with Gasteiger partial charge in [-0.2, -0.15) is 0 Å². The number of rotatable bonds is 7. The normalized spacial score (nSPS) is 9.23. The van der Waals surface area contributed by atoms with Crippen molar-refractivity contribution < 1.29 is 19.1 Å². The molecule has 0 atom stereocenters. The third kappa shape index (κ3) is 5.92. The zero-order chi connectivity index (χ0) is 16.4. The Labute approximate surface area is 128 Å². The predicted molar refractivity (Wildman–Crippen MR) is 81.8 cm³/mol. The number of anilines is 1. The lowest BCUT2D eigenvalue weighted by Crippen LogP contribution is -2.32. The Bertz CT molecular complexity index is 617. The minimum Gasteiger partial charge on any atom is -0.451 e. The van der Waals surface area contributed by atoms with Crippen LogP contribution in [0.4, 0.5) is 5.69 Å². The van der Waals surface area contributed by atoms with Gasteiger partial charge in [-0.1, -0.05) is 30.7 Å². The highest BCUT2D eigenvalue weighted by Gasteiger charge is 2.10. The maximum atomic E-state index is 11.8. The van der Waals surface area contributed by atoms with Gasteiger partial charge in [0.1, 0.15) is 6.54 Å². The number of nitrogens with one attached hydrogen (secondary N) is 2. The molecule has 0 fully saturated rings. The van der Waals surface area contributed by atoms with Gasteiger partial charge < -0.3 is 15.4 Å². The van der Waals surface area contributed by atoms with Crippen LogP contribution in [-0.2, 0) is 25.5 Å². The lowest BCUT2D eigenvalue weighted by molar-refractivity contribution is -0.142. The first-order chi connectivity index (χ1) is 10.6. The van der Waals surface area contributed by atoms with Crippen LogP contribution in [-0.4, -0.2) is 30.9 Å². The molecule has 0 bridgehead atoms. The number of para-hydroxylation sites is 1. The molecule has 0 heterocycles. The van der Waals surface area contributed by atoms with E-state index in [9.17, 15) is 14.4 Å². The van der Waals surface area contributed by atoms with Gasteiger partial charge in [0, 0.05) is 5.69 Å². The largest absolute Gasteiger partial charge is 0.451 e. The van der Waals surface area contributed by atoms with Gasteiger partial charge in [-0.3, -0.25) is 14.4 Å². The Kier molecular flexibility index (Phi) is 6.93. The Hall–Kier alpha value is -3.07. The molecule has 1 rings (SSSR count). The number of benzene rings is 1. The van der Waals surface area contributed by atoms with Crippen LogP contribution in [0, 0.1) is 12.3 Å². The van der Waals surface area contributed by atoms with Crippen molar-refractivity contribution >= 4 is 23.5 Å². The van der Waals surface area contributed by atoms with Crippen LogP contribution in [0.3, 0.4) is 0 Å². The molecule has 0 spiro atoms. The summed E-state index contributed by atoms with van der Waals surface area (Å²) in [5, 5.41) is 5.03. The van der Waals surface area contributed by atoms with Crippen LogP contribution in [0.1, 0.15) is 5.56 Å². The van der Waals surface area contributed by atoms with E-state index in [4.69, 9.17) is 6.42 Å². The molecule has 114 valence electrons. The van der Waals surface area contributed by atoms with E-state index in [0.717, 1.165) is 6.08 Å². The smallest absolute Gasteiger partial charge is 0.326 e. The molecule has 0 aliphatic heterocycles. The molecule has 22 heavy (non-hydrogen) atoms. The summed E-state index contributed by atoms with van der Waals surface area (Å²) < 4.78 is 4.62. The van der Waals surface area contributed by atoms with Crippen molar-refractivity contribution in [3.8, 4) is 12.3 Å². The van der Waals surface area contributed by atoms with E-state index in [1.54, 1.807) is 24.3 Å². The molecule has 1 aromatic carbocycles. The zero-order valence-corrected chi connectivity index (χ0v) is 11.9. The fraction of sp³-hybridized carbons (Fsp3) is 0.188. The molecule has 2 N–H and O–H groups in total. The van der Waals surface area contributed by atoms with E-state index in [1.807, 2.05) is 0 Å². The lowest BCUT2D eigenvalue weighted by atomic mass is 10.1. The zero-order valence-electron chi connectivity index (χ0n) is 11.9. The number of terminal acetylenes is 1. The number of ether oxygens (including phenoxy) is 1. The van der Waals surface area contributed by atoms with E-state index in [1.165, 1.54) is 0 Å². The summed E-state index contributed by atoms with van der Waals surface area (Å²) in [5.74, 6) is 0.795. The predicted octanol–water partition coefficient (Wildman–Crippen LogP) is 0.646. The number of amides is 2. The van der Waals surface area contributed by atoms with Crippen LogP contribution in [0.25, 0.3) is 0 Å². The number of carbonyl (C=O) groups excluding carboxylic acids is 3. The molecule has 0 radical (unpaired) electrons. The van der Waals surface area contributed by atoms with Crippen LogP contribution in [0.5, 0.6) is 0 Å². The lowest BCUT2D eigenvalue weighted by Gasteiger charge is -2.10. The molecule has 6 heteroatoms. The van der Waals surface area contributed by atoms with Gasteiger partial charge in [-0.15, -0.1) is 6.42 Å². The van der Waals surface area contributed by atoms with Gasteiger partial charge >= 0.3 is 5.97 Å². The number of hydrogen-bond donors (Lipinski definition) is 2. The number of carbonyl (C=O) groups is 3. The molecule has 1 aromatic rings. The van der Waals surface area contributed by atoms with Gasteiger partial charge in [-0.25, -0.2) is 0 Å². The minimum atomic E-state index is -0.612. The molecule has 2 amide bonds. The van der Waals surface area contributed by atoms with Crippen molar-refractivity contribution in [3.63, 3.8) is 0 Å². The summed E-state index contributed by atoms with van der Waals surface area (Å²) in [6, 6.07) is 6.85. The van der Waals surface area contributed by atoms with Crippen molar-refractivity contribution in [1.82, 2.24) is 5.32 Å². The van der Waals surface area contributed by atoms with Gasteiger partial charge in [0.25, 0.3) is 0 Å². The molecule has 0 aliphatic carbocycles. The Morgan fingerprint density at radius 2 is 2.05 bits per heavy atom. The molecule has 0 saturated heterocycles.